The molecule has 0 unspecified atom stereocenters. The molecule has 0 atom stereocenters. The number of hydrogen-bond donors (Lipinski definition) is 0. The monoisotopic (exact) mass is 381 g/mol. The van der Waals surface area contributed by atoms with Gasteiger partial charge in [-0.3, -0.25) is 0 Å². The number of halogens is 3. The highest BCUT2D eigenvalue weighted by molar-refractivity contribution is 6.30. The average Bonchev–Trinajstić information content (AvgIpc) is 3.01. The molecule has 0 spiro atoms. The van der Waals surface area contributed by atoms with E-state index in [0.717, 1.165) is 0 Å². The molecule has 0 aliphatic rings. The number of methoxy groups -OCH3 is 1. The van der Waals surface area contributed by atoms with Gasteiger partial charge in [0.25, 0.3) is 6.43 Å². The average molecular weight is 382 g/mol. The Hall–Kier alpha value is -2.81. The van der Waals surface area contributed by atoms with E-state index in [1.165, 1.54) is 30.0 Å². The summed E-state index contributed by atoms with van der Waals surface area (Å²) in [5.74, 6) is 0.550. The van der Waals surface area contributed by atoms with E-state index >= 15 is 0 Å². The maximum absolute atomic E-state index is 12.7. The molecular formula is C16H14ClF2N5O2. The van der Waals surface area contributed by atoms with E-state index in [-0.39, 0.29) is 23.2 Å². The summed E-state index contributed by atoms with van der Waals surface area (Å²) >= 11 is 5.83. The van der Waals surface area contributed by atoms with Gasteiger partial charge in [0.05, 0.1) is 18.5 Å². The fourth-order valence-corrected chi connectivity index (χ4v) is 2.38. The van der Waals surface area contributed by atoms with Crippen molar-refractivity contribution >= 4 is 11.6 Å². The summed E-state index contributed by atoms with van der Waals surface area (Å²) in [5.41, 5.74) is 1.81. The van der Waals surface area contributed by atoms with Crippen LogP contribution in [0.25, 0.3) is 5.69 Å². The standard InChI is InChI=1S/C16H14ClF2N5O2/c1-9-12(8-26-14-7-13(25-2)15(17)22-21-14)24(23-20-9)11-5-3-10(4-6-11)16(18)19/h3-7,16H,8H2,1-2H3. The first-order chi connectivity index (χ1) is 12.5. The highest BCUT2D eigenvalue weighted by Crippen LogP contribution is 2.25. The van der Waals surface area contributed by atoms with Gasteiger partial charge in [-0.1, -0.05) is 28.9 Å². The molecule has 0 saturated carbocycles. The maximum Gasteiger partial charge on any atom is 0.263 e. The molecule has 1 aromatic carbocycles. The molecule has 10 heteroatoms. The summed E-state index contributed by atoms with van der Waals surface area (Å²) < 4.78 is 37.6. The van der Waals surface area contributed by atoms with Crippen molar-refractivity contribution in [3.05, 3.63) is 52.4 Å². The van der Waals surface area contributed by atoms with Crippen LogP contribution >= 0.6 is 11.6 Å². The van der Waals surface area contributed by atoms with Crippen molar-refractivity contribution in [2.24, 2.45) is 0 Å². The molecule has 0 saturated heterocycles. The van der Waals surface area contributed by atoms with E-state index in [4.69, 9.17) is 21.1 Å². The Balaban J connectivity index is 1.82. The zero-order chi connectivity index (χ0) is 18.7. The molecule has 0 aliphatic carbocycles. The number of rotatable bonds is 6. The first-order valence-corrected chi connectivity index (χ1v) is 7.87. The Bertz CT molecular complexity index is 902. The highest BCUT2D eigenvalue weighted by Gasteiger charge is 2.14. The van der Waals surface area contributed by atoms with E-state index in [0.29, 0.717) is 22.8 Å². The lowest BCUT2D eigenvalue weighted by atomic mass is 10.2. The van der Waals surface area contributed by atoms with Crippen molar-refractivity contribution in [3.8, 4) is 17.3 Å². The number of hydrogen-bond acceptors (Lipinski definition) is 6. The van der Waals surface area contributed by atoms with Gasteiger partial charge < -0.3 is 9.47 Å². The summed E-state index contributed by atoms with van der Waals surface area (Å²) in [4.78, 5) is 0. The third-order valence-corrected chi connectivity index (χ3v) is 3.88. The maximum atomic E-state index is 12.7. The molecule has 7 nitrogen and oxygen atoms in total. The molecule has 0 bridgehead atoms. The van der Waals surface area contributed by atoms with E-state index in [2.05, 4.69) is 20.5 Å². The number of aryl methyl sites for hydroxylation is 1. The Morgan fingerprint density at radius 3 is 2.54 bits per heavy atom. The van der Waals surface area contributed by atoms with Crippen LogP contribution in [0.1, 0.15) is 23.4 Å². The van der Waals surface area contributed by atoms with E-state index in [9.17, 15) is 8.78 Å². The molecule has 0 radical (unpaired) electrons. The highest BCUT2D eigenvalue weighted by atomic mass is 35.5. The normalized spacial score (nSPS) is 11.0. The zero-order valence-corrected chi connectivity index (χ0v) is 14.6. The van der Waals surface area contributed by atoms with Gasteiger partial charge >= 0.3 is 0 Å². The molecule has 136 valence electrons. The molecule has 0 fully saturated rings. The van der Waals surface area contributed by atoms with Crippen LogP contribution in [0.4, 0.5) is 8.78 Å². The van der Waals surface area contributed by atoms with Gasteiger partial charge in [-0.2, -0.15) is 0 Å². The van der Waals surface area contributed by atoms with Crippen LogP contribution < -0.4 is 9.47 Å². The summed E-state index contributed by atoms with van der Waals surface area (Å²) in [7, 11) is 1.46. The SMILES string of the molecule is COc1cc(OCc2c(C)nnn2-c2ccc(C(F)F)cc2)nnc1Cl. The van der Waals surface area contributed by atoms with E-state index in [1.54, 1.807) is 19.1 Å². The number of alkyl halides is 2. The number of nitrogens with zero attached hydrogens (tertiary/aromatic N) is 5. The topological polar surface area (TPSA) is 75.0 Å². The minimum Gasteiger partial charge on any atom is -0.493 e. The van der Waals surface area contributed by atoms with Gasteiger partial charge in [-0.05, 0) is 19.1 Å². The largest absolute Gasteiger partial charge is 0.493 e. The van der Waals surface area contributed by atoms with Crippen LogP contribution in [0, 0.1) is 6.92 Å². The third-order valence-electron chi connectivity index (χ3n) is 3.62. The van der Waals surface area contributed by atoms with Crippen molar-refractivity contribution in [1.82, 2.24) is 25.2 Å². The minimum atomic E-state index is -2.53. The number of aromatic nitrogens is 5. The molecule has 2 aromatic heterocycles. The fourth-order valence-electron chi connectivity index (χ4n) is 2.21. The van der Waals surface area contributed by atoms with Crippen LogP contribution in [-0.4, -0.2) is 32.3 Å². The zero-order valence-electron chi connectivity index (χ0n) is 13.9. The Morgan fingerprint density at radius 1 is 1.15 bits per heavy atom. The Kier molecular flexibility index (Phi) is 5.27. The van der Waals surface area contributed by atoms with Gasteiger partial charge in [-0.25, -0.2) is 13.5 Å². The molecule has 26 heavy (non-hydrogen) atoms. The molecule has 0 amide bonds. The smallest absolute Gasteiger partial charge is 0.263 e. The number of benzene rings is 1. The van der Waals surface area contributed by atoms with Crippen molar-refractivity contribution in [2.45, 2.75) is 20.0 Å². The quantitative estimate of drug-likeness (QED) is 0.650. The second kappa shape index (κ2) is 7.61. The van der Waals surface area contributed by atoms with Crippen LogP contribution in [0.5, 0.6) is 11.6 Å². The predicted molar refractivity (Wildman–Crippen MR) is 89.0 cm³/mol. The minimum absolute atomic E-state index is 0.0630. The molecule has 3 rings (SSSR count). The van der Waals surface area contributed by atoms with Crippen LogP contribution in [-0.2, 0) is 6.61 Å². The van der Waals surface area contributed by atoms with Crippen molar-refractivity contribution in [3.63, 3.8) is 0 Å². The van der Waals surface area contributed by atoms with Gasteiger partial charge in [0.1, 0.15) is 12.3 Å². The lowest BCUT2D eigenvalue weighted by Crippen LogP contribution is -2.08. The molecule has 2 heterocycles. The lowest BCUT2D eigenvalue weighted by Gasteiger charge is -2.10. The van der Waals surface area contributed by atoms with Gasteiger partial charge in [-0.15, -0.1) is 15.3 Å². The second-order valence-corrected chi connectivity index (χ2v) is 5.61. The van der Waals surface area contributed by atoms with E-state index < -0.39 is 6.43 Å². The molecule has 0 N–H and O–H groups in total. The van der Waals surface area contributed by atoms with Crippen molar-refractivity contribution in [2.75, 3.05) is 7.11 Å². The van der Waals surface area contributed by atoms with Crippen LogP contribution in [0.3, 0.4) is 0 Å². The van der Waals surface area contributed by atoms with Crippen molar-refractivity contribution in [1.29, 1.82) is 0 Å². The molecule has 0 aliphatic heterocycles. The van der Waals surface area contributed by atoms with Gasteiger partial charge in [0.15, 0.2) is 10.9 Å². The predicted octanol–water partition coefficient (Wildman–Crippen LogP) is 3.54. The first kappa shape index (κ1) is 18.0. The molecular weight excluding hydrogens is 368 g/mol. The molecule has 3 aromatic rings. The van der Waals surface area contributed by atoms with Gasteiger partial charge in [0.2, 0.25) is 5.88 Å². The number of ether oxygens (including phenoxy) is 2. The Labute approximate surface area is 152 Å². The van der Waals surface area contributed by atoms with Crippen molar-refractivity contribution < 1.29 is 18.3 Å². The summed E-state index contributed by atoms with van der Waals surface area (Å²) in [6, 6.07) is 7.29. The lowest BCUT2D eigenvalue weighted by molar-refractivity contribution is 0.151. The van der Waals surface area contributed by atoms with E-state index in [1.807, 2.05) is 0 Å². The van der Waals surface area contributed by atoms with Crippen LogP contribution in [0.2, 0.25) is 5.15 Å². The second-order valence-electron chi connectivity index (χ2n) is 5.26. The Morgan fingerprint density at radius 2 is 1.88 bits per heavy atom. The summed E-state index contributed by atoms with van der Waals surface area (Å²) in [6.07, 6.45) is -2.53. The first-order valence-electron chi connectivity index (χ1n) is 7.49. The fraction of sp³-hybridized carbons (Fsp3) is 0.250. The summed E-state index contributed by atoms with van der Waals surface area (Å²) in [6.45, 7) is 1.86. The van der Waals surface area contributed by atoms with Gasteiger partial charge in [0, 0.05) is 11.6 Å². The third kappa shape index (κ3) is 3.72. The van der Waals surface area contributed by atoms with Crippen LogP contribution in [0.15, 0.2) is 30.3 Å². The summed E-state index contributed by atoms with van der Waals surface area (Å²) in [5, 5.41) is 15.7.